The van der Waals surface area contributed by atoms with Crippen LogP contribution < -0.4 is 10.0 Å². The summed E-state index contributed by atoms with van der Waals surface area (Å²) in [7, 11) is -3.67. The molecule has 0 fully saturated rings. The molecule has 2 atom stereocenters. The van der Waals surface area contributed by atoms with Crippen molar-refractivity contribution in [3.63, 3.8) is 0 Å². The van der Waals surface area contributed by atoms with Crippen LogP contribution in [0.15, 0.2) is 0 Å². The van der Waals surface area contributed by atoms with Crippen molar-refractivity contribution in [2.45, 2.75) is 38.8 Å². The summed E-state index contributed by atoms with van der Waals surface area (Å²) >= 11 is 0. The Kier molecular flexibility index (Phi) is 7.57. The summed E-state index contributed by atoms with van der Waals surface area (Å²) in [5, 5.41) is 19.7. The number of hydrogen-bond donors (Lipinski definition) is 4. The maximum Gasteiger partial charge on any atom is 0.325 e. The van der Waals surface area contributed by atoms with Gasteiger partial charge in [-0.25, -0.2) is 13.1 Å². The van der Waals surface area contributed by atoms with Crippen molar-refractivity contribution in [3.05, 3.63) is 0 Å². The van der Waals surface area contributed by atoms with Gasteiger partial charge in [0.25, 0.3) is 0 Å². The van der Waals surface area contributed by atoms with E-state index in [0.29, 0.717) is 12.8 Å². The molecule has 0 saturated carbocycles. The third kappa shape index (κ3) is 7.09. The summed E-state index contributed by atoms with van der Waals surface area (Å²) in [6.07, 6.45) is 1.10. The Morgan fingerprint density at radius 2 is 1.89 bits per heavy atom. The second-order valence-corrected chi connectivity index (χ2v) is 5.97. The van der Waals surface area contributed by atoms with Crippen molar-refractivity contribution in [3.8, 4) is 0 Å². The summed E-state index contributed by atoms with van der Waals surface area (Å²) in [5.74, 6) is -2.28. The molecular formula is C10H20N2O6S. The van der Waals surface area contributed by atoms with Crippen LogP contribution >= 0.6 is 0 Å². The van der Waals surface area contributed by atoms with Gasteiger partial charge >= 0.3 is 5.97 Å². The lowest BCUT2D eigenvalue weighted by atomic mass is 10.2. The maximum absolute atomic E-state index is 11.6. The molecule has 0 radical (unpaired) electrons. The number of carbonyl (C=O) groups excluding carboxylic acids is 1. The van der Waals surface area contributed by atoms with Crippen LogP contribution in [0.25, 0.3) is 0 Å². The third-order valence-electron chi connectivity index (χ3n) is 2.32. The fraction of sp³-hybridized carbons (Fsp3) is 0.800. The lowest BCUT2D eigenvalue weighted by Crippen LogP contribution is -2.52. The van der Waals surface area contributed by atoms with E-state index in [1.165, 1.54) is 6.92 Å². The van der Waals surface area contributed by atoms with Gasteiger partial charge in [0.05, 0.1) is 12.4 Å². The minimum Gasteiger partial charge on any atom is -0.480 e. The Hall–Kier alpha value is -1.19. The average molecular weight is 296 g/mol. The lowest BCUT2D eigenvalue weighted by Gasteiger charge is -2.17. The molecule has 0 aliphatic carbocycles. The van der Waals surface area contributed by atoms with Gasteiger partial charge < -0.3 is 15.5 Å². The fourth-order valence-corrected chi connectivity index (χ4v) is 2.56. The smallest absolute Gasteiger partial charge is 0.325 e. The highest BCUT2D eigenvalue weighted by molar-refractivity contribution is 7.89. The first-order valence-corrected chi connectivity index (χ1v) is 7.52. The van der Waals surface area contributed by atoms with Gasteiger partial charge in [-0.3, -0.25) is 9.59 Å². The summed E-state index contributed by atoms with van der Waals surface area (Å²) in [6, 6.07) is -2.55. The highest BCUT2D eigenvalue weighted by Crippen LogP contribution is 1.97. The SMILES string of the molecule is CCCCS(=O)(=O)NC(CO)C(=O)N[C@@H](C)C(=O)O. The number of sulfonamides is 1. The van der Waals surface area contributed by atoms with E-state index >= 15 is 0 Å². The first-order chi connectivity index (χ1) is 8.73. The number of rotatable bonds is 9. The van der Waals surface area contributed by atoms with Crippen molar-refractivity contribution in [2.24, 2.45) is 0 Å². The van der Waals surface area contributed by atoms with Crippen LogP contribution in [-0.4, -0.2) is 55.0 Å². The van der Waals surface area contributed by atoms with Crippen LogP contribution in [0.3, 0.4) is 0 Å². The van der Waals surface area contributed by atoms with E-state index in [4.69, 9.17) is 10.2 Å². The second kappa shape index (κ2) is 8.08. The summed E-state index contributed by atoms with van der Waals surface area (Å²) < 4.78 is 25.2. The largest absolute Gasteiger partial charge is 0.480 e. The quantitative estimate of drug-likeness (QED) is 0.416. The molecule has 112 valence electrons. The van der Waals surface area contributed by atoms with Gasteiger partial charge in [-0.15, -0.1) is 0 Å². The molecule has 1 amide bonds. The minimum atomic E-state index is -3.67. The molecule has 9 heteroatoms. The van der Waals surface area contributed by atoms with Crippen LogP contribution in [0.2, 0.25) is 0 Å². The van der Waals surface area contributed by atoms with E-state index in [2.05, 4.69) is 5.32 Å². The molecule has 0 aromatic rings. The van der Waals surface area contributed by atoms with Crippen LogP contribution in [0.5, 0.6) is 0 Å². The van der Waals surface area contributed by atoms with E-state index < -0.39 is 40.6 Å². The third-order valence-corrected chi connectivity index (χ3v) is 3.79. The molecule has 8 nitrogen and oxygen atoms in total. The summed E-state index contributed by atoms with van der Waals surface area (Å²) in [4.78, 5) is 22.1. The number of carboxylic acids is 1. The molecule has 0 saturated heterocycles. The van der Waals surface area contributed by atoms with E-state index in [0.717, 1.165) is 0 Å². The number of amides is 1. The van der Waals surface area contributed by atoms with Crippen LogP contribution in [0.4, 0.5) is 0 Å². The zero-order chi connectivity index (χ0) is 15.1. The number of aliphatic carboxylic acids is 1. The average Bonchev–Trinajstić information content (AvgIpc) is 2.33. The molecule has 0 aliphatic rings. The van der Waals surface area contributed by atoms with E-state index in [1.54, 1.807) is 0 Å². The fourth-order valence-electron chi connectivity index (χ4n) is 1.16. The molecule has 0 aromatic carbocycles. The van der Waals surface area contributed by atoms with Crippen molar-refractivity contribution in [2.75, 3.05) is 12.4 Å². The predicted molar refractivity (Wildman–Crippen MR) is 67.9 cm³/mol. The number of aliphatic hydroxyl groups is 1. The Balaban J connectivity index is 4.57. The van der Waals surface area contributed by atoms with Crippen LogP contribution in [0, 0.1) is 0 Å². The molecule has 0 spiro atoms. The second-order valence-electron chi connectivity index (χ2n) is 4.09. The topological polar surface area (TPSA) is 133 Å². The molecule has 0 bridgehead atoms. The molecule has 0 aliphatic heterocycles. The number of carboxylic acid groups (broad SMARTS) is 1. The highest BCUT2D eigenvalue weighted by atomic mass is 32.2. The number of carbonyl (C=O) groups is 2. The van der Waals surface area contributed by atoms with E-state index in [1.807, 2.05) is 11.6 Å². The first kappa shape index (κ1) is 17.8. The van der Waals surface area contributed by atoms with Gasteiger partial charge in [0, 0.05) is 0 Å². The number of unbranched alkanes of at least 4 members (excludes halogenated alkanes) is 1. The van der Waals surface area contributed by atoms with Crippen molar-refractivity contribution >= 4 is 21.9 Å². The number of nitrogens with one attached hydrogen (secondary N) is 2. The van der Waals surface area contributed by atoms with Gasteiger partial charge in [0.1, 0.15) is 12.1 Å². The Bertz CT molecular complexity index is 408. The Labute approximate surface area is 112 Å². The summed E-state index contributed by atoms with van der Waals surface area (Å²) in [6.45, 7) is 2.31. The van der Waals surface area contributed by atoms with Crippen molar-refractivity contribution in [1.82, 2.24) is 10.0 Å². The Morgan fingerprint density at radius 1 is 1.32 bits per heavy atom. The summed E-state index contributed by atoms with van der Waals surface area (Å²) in [5.41, 5.74) is 0. The molecule has 0 aromatic heterocycles. The van der Waals surface area contributed by atoms with Gasteiger partial charge in [-0.2, -0.15) is 0 Å². The monoisotopic (exact) mass is 296 g/mol. The zero-order valence-corrected chi connectivity index (χ0v) is 11.7. The van der Waals surface area contributed by atoms with Crippen molar-refractivity contribution in [1.29, 1.82) is 0 Å². The molecule has 1 unspecified atom stereocenters. The first-order valence-electron chi connectivity index (χ1n) is 5.87. The van der Waals surface area contributed by atoms with E-state index in [9.17, 15) is 18.0 Å². The molecule has 0 rings (SSSR count). The van der Waals surface area contributed by atoms with Crippen molar-refractivity contribution < 1.29 is 28.2 Å². The predicted octanol–water partition coefficient (Wildman–Crippen LogP) is -1.34. The van der Waals surface area contributed by atoms with Gasteiger partial charge in [0.2, 0.25) is 15.9 Å². The van der Waals surface area contributed by atoms with Gasteiger partial charge in [-0.1, -0.05) is 13.3 Å². The van der Waals surface area contributed by atoms with Crippen LogP contribution in [0.1, 0.15) is 26.7 Å². The van der Waals surface area contributed by atoms with E-state index in [-0.39, 0.29) is 5.75 Å². The maximum atomic E-state index is 11.6. The number of aliphatic hydroxyl groups excluding tert-OH is 1. The number of hydrogen-bond acceptors (Lipinski definition) is 5. The zero-order valence-electron chi connectivity index (χ0n) is 10.9. The molecule has 19 heavy (non-hydrogen) atoms. The standard InChI is InChI=1S/C10H20N2O6S/c1-3-4-5-19(17,18)12-8(6-13)9(14)11-7(2)10(15)16/h7-8,12-13H,3-6H2,1-2H3,(H,11,14)(H,15,16)/t7-,8?/m0/s1. The molecular weight excluding hydrogens is 276 g/mol. The Morgan fingerprint density at radius 3 is 2.32 bits per heavy atom. The molecule has 4 N–H and O–H groups in total. The van der Waals surface area contributed by atoms with Gasteiger partial charge in [-0.05, 0) is 13.3 Å². The highest BCUT2D eigenvalue weighted by Gasteiger charge is 2.25. The minimum absolute atomic E-state index is 0.151. The molecule has 0 heterocycles. The normalized spacial score (nSPS) is 14.7. The van der Waals surface area contributed by atoms with Gasteiger partial charge in [0.15, 0.2) is 0 Å². The van der Waals surface area contributed by atoms with Crippen LogP contribution in [-0.2, 0) is 19.6 Å². The lowest BCUT2D eigenvalue weighted by molar-refractivity contribution is -0.141.